The number of amides is 1. The van der Waals surface area contributed by atoms with E-state index in [4.69, 9.17) is 9.84 Å². The molecule has 1 atom stereocenters. The van der Waals surface area contributed by atoms with Gasteiger partial charge in [-0.25, -0.2) is 0 Å². The lowest BCUT2D eigenvalue weighted by Crippen LogP contribution is -2.46. The van der Waals surface area contributed by atoms with Crippen LogP contribution in [-0.4, -0.2) is 35.1 Å². The molecule has 0 radical (unpaired) electrons. The number of hydrogen-bond donors (Lipinski definition) is 1. The first-order valence-corrected chi connectivity index (χ1v) is 7.50. The Morgan fingerprint density at radius 1 is 1.30 bits per heavy atom. The normalized spacial score (nSPS) is 17.6. The highest BCUT2D eigenvalue weighted by atomic mass is 16.6. The standard InChI is InChI=1S/C17H21NO5/c1-17(2,3)23-15(21)10-18-13-7-5-4-6-11(13)8-12(16(18)22)9-14(19)20/h4-7,12H,8-10H2,1-3H3,(H,19,20). The predicted octanol–water partition coefficient (Wildman–Crippen LogP) is 2.01. The second-order valence-electron chi connectivity index (χ2n) is 6.64. The number of nitrogens with zero attached hydrogens (tertiary/aromatic N) is 1. The number of carbonyl (C=O) groups excluding carboxylic acids is 2. The van der Waals surface area contributed by atoms with E-state index in [0.717, 1.165) is 5.56 Å². The Kier molecular flexibility index (Phi) is 4.73. The fraction of sp³-hybridized carbons (Fsp3) is 0.471. The van der Waals surface area contributed by atoms with E-state index in [1.54, 1.807) is 32.9 Å². The van der Waals surface area contributed by atoms with E-state index in [2.05, 4.69) is 0 Å². The van der Waals surface area contributed by atoms with Crippen LogP contribution in [0.2, 0.25) is 0 Å². The molecule has 1 aliphatic heterocycles. The Morgan fingerprint density at radius 2 is 1.96 bits per heavy atom. The molecule has 23 heavy (non-hydrogen) atoms. The molecular weight excluding hydrogens is 298 g/mol. The van der Waals surface area contributed by atoms with Crippen molar-refractivity contribution < 1.29 is 24.2 Å². The highest BCUT2D eigenvalue weighted by molar-refractivity contribution is 6.02. The highest BCUT2D eigenvalue weighted by Gasteiger charge is 2.35. The summed E-state index contributed by atoms with van der Waals surface area (Å²) in [5.41, 5.74) is 0.863. The zero-order valence-electron chi connectivity index (χ0n) is 13.5. The molecule has 0 saturated heterocycles. The van der Waals surface area contributed by atoms with Crippen molar-refractivity contribution in [2.24, 2.45) is 5.92 Å². The van der Waals surface area contributed by atoms with Gasteiger partial charge < -0.3 is 14.7 Å². The van der Waals surface area contributed by atoms with E-state index < -0.39 is 23.5 Å². The third-order valence-electron chi connectivity index (χ3n) is 3.49. The van der Waals surface area contributed by atoms with Gasteiger partial charge in [-0.2, -0.15) is 0 Å². The first kappa shape index (κ1) is 17.0. The topological polar surface area (TPSA) is 83.9 Å². The van der Waals surface area contributed by atoms with Crippen molar-refractivity contribution in [3.8, 4) is 0 Å². The molecule has 2 rings (SSSR count). The van der Waals surface area contributed by atoms with E-state index in [9.17, 15) is 14.4 Å². The predicted molar refractivity (Wildman–Crippen MR) is 84.1 cm³/mol. The Bertz CT molecular complexity index is 632. The smallest absolute Gasteiger partial charge is 0.326 e. The van der Waals surface area contributed by atoms with Gasteiger partial charge in [0.25, 0.3) is 0 Å². The van der Waals surface area contributed by atoms with Crippen LogP contribution in [-0.2, 0) is 25.5 Å². The Balaban J connectivity index is 2.26. The molecule has 0 bridgehead atoms. The van der Waals surface area contributed by atoms with Crippen LogP contribution in [0.15, 0.2) is 24.3 Å². The molecule has 1 N–H and O–H groups in total. The van der Waals surface area contributed by atoms with E-state index in [1.165, 1.54) is 4.90 Å². The summed E-state index contributed by atoms with van der Waals surface area (Å²) in [7, 11) is 0. The fourth-order valence-corrected chi connectivity index (χ4v) is 2.67. The van der Waals surface area contributed by atoms with Crippen molar-refractivity contribution in [2.45, 2.75) is 39.2 Å². The van der Waals surface area contributed by atoms with E-state index in [0.29, 0.717) is 12.1 Å². The van der Waals surface area contributed by atoms with Gasteiger partial charge in [0.1, 0.15) is 12.1 Å². The van der Waals surface area contributed by atoms with E-state index in [-0.39, 0.29) is 18.9 Å². The zero-order chi connectivity index (χ0) is 17.2. The van der Waals surface area contributed by atoms with Crippen LogP contribution in [0.3, 0.4) is 0 Å². The van der Waals surface area contributed by atoms with Crippen molar-refractivity contribution >= 4 is 23.5 Å². The number of esters is 1. The van der Waals surface area contributed by atoms with Crippen molar-refractivity contribution in [3.05, 3.63) is 29.8 Å². The molecule has 0 saturated carbocycles. The monoisotopic (exact) mass is 319 g/mol. The molecule has 1 unspecified atom stereocenters. The van der Waals surface area contributed by atoms with Crippen molar-refractivity contribution in [1.82, 2.24) is 0 Å². The molecule has 0 aromatic heterocycles. The fourth-order valence-electron chi connectivity index (χ4n) is 2.67. The maximum Gasteiger partial charge on any atom is 0.326 e. The lowest BCUT2D eigenvalue weighted by molar-refractivity contribution is -0.153. The Hall–Kier alpha value is -2.37. The van der Waals surface area contributed by atoms with Gasteiger partial charge in [-0.15, -0.1) is 0 Å². The molecule has 0 spiro atoms. The molecule has 1 amide bonds. The molecule has 0 aliphatic carbocycles. The molecule has 1 aromatic rings. The molecule has 1 aromatic carbocycles. The van der Waals surface area contributed by atoms with Crippen molar-refractivity contribution in [1.29, 1.82) is 0 Å². The number of ether oxygens (including phenoxy) is 1. The van der Waals surface area contributed by atoms with Gasteiger partial charge in [0.05, 0.1) is 12.3 Å². The van der Waals surface area contributed by atoms with Gasteiger partial charge >= 0.3 is 11.9 Å². The summed E-state index contributed by atoms with van der Waals surface area (Å²) in [5, 5.41) is 8.99. The third-order valence-corrected chi connectivity index (χ3v) is 3.49. The average molecular weight is 319 g/mol. The molecular formula is C17H21NO5. The lowest BCUT2D eigenvalue weighted by atomic mass is 9.89. The third kappa shape index (κ3) is 4.31. The van der Waals surface area contributed by atoms with Gasteiger partial charge in [0.2, 0.25) is 5.91 Å². The quantitative estimate of drug-likeness (QED) is 0.858. The summed E-state index contributed by atoms with van der Waals surface area (Å²) in [6.45, 7) is 5.04. The molecule has 124 valence electrons. The van der Waals surface area contributed by atoms with E-state index >= 15 is 0 Å². The van der Waals surface area contributed by atoms with Crippen LogP contribution in [0.25, 0.3) is 0 Å². The summed E-state index contributed by atoms with van der Waals surface area (Å²) < 4.78 is 5.27. The summed E-state index contributed by atoms with van der Waals surface area (Å²) in [5.74, 6) is -2.56. The van der Waals surface area contributed by atoms with Crippen LogP contribution >= 0.6 is 0 Å². The second-order valence-corrected chi connectivity index (χ2v) is 6.64. The van der Waals surface area contributed by atoms with Crippen LogP contribution in [0, 0.1) is 5.92 Å². The second kappa shape index (κ2) is 6.40. The summed E-state index contributed by atoms with van der Waals surface area (Å²) in [6, 6.07) is 7.22. The minimum Gasteiger partial charge on any atom is -0.481 e. The Labute approximate surface area is 135 Å². The van der Waals surface area contributed by atoms with Gasteiger partial charge in [-0.05, 0) is 38.8 Å². The zero-order valence-corrected chi connectivity index (χ0v) is 13.5. The minimum atomic E-state index is -1.03. The van der Waals surface area contributed by atoms with Gasteiger partial charge in [-0.1, -0.05) is 18.2 Å². The Morgan fingerprint density at radius 3 is 2.57 bits per heavy atom. The minimum absolute atomic E-state index is 0.219. The van der Waals surface area contributed by atoms with Crippen LogP contribution in [0.5, 0.6) is 0 Å². The van der Waals surface area contributed by atoms with Gasteiger partial charge in [0.15, 0.2) is 0 Å². The number of carbonyl (C=O) groups is 3. The largest absolute Gasteiger partial charge is 0.481 e. The molecule has 6 heteroatoms. The SMILES string of the molecule is CC(C)(C)OC(=O)CN1C(=O)C(CC(=O)O)Cc2ccccc21. The van der Waals surface area contributed by atoms with Crippen molar-refractivity contribution in [2.75, 3.05) is 11.4 Å². The number of carboxylic acid groups (broad SMARTS) is 1. The number of anilines is 1. The number of aliphatic carboxylic acids is 1. The van der Waals surface area contributed by atoms with Crippen molar-refractivity contribution in [3.63, 3.8) is 0 Å². The molecule has 6 nitrogen and oxygen atoms in total. The number of hydrogen-bond acceptors (Lipinski definition) is 4. The van der Waals surface area contributed by atoms with Gasteiger partial charge in [0, 0.05) is 5.69 Å². The summed E-state index contributed by atoms with van der Waals surface area (Å²) in [4.78, 5) is 37.0. The molecule has 1 aliphatic rings. The molecule has 1 heterocycles. The number of carboxylic acids is 1. The lowest BCUT2D eigenvalue weighted by Gasteiger charge is -2.33. The number of rotatable bonds is 4. The number of para-hydroxylation sites is 1. The number of fused-ring (bicyclic) bond motifs is 1. The highest BCUT2D eigenvalue weighted by Crippen LogP contribution is 2.32. The molecule has 0 fully saturated rings. The maximum absolute atomic E-state index is 12.6. The van der Waals surface area contributed by atoms with Crippen LogP contribution in [0.4, 0.5) is 5.69 Å². The van der Waals surface area contributed by atoms with Crippen LogP contribution < -0.4 is 4.90 Å². The summed E-state index contributed by atoms with van der Waals surface area (Å²) in [6.07, 6.45) is 0.115. The maximum atomic E-state index is 12.6. The number of benzene rings is 1. The first-order chi connectivity index (χ1) is 10.7. The summed E-state index contributed by atoms with van der Waals surface area (Å²) >= 11 is 0. The van der Waals surface area contributed by atoms with E-state index in [1.807, 2.05) is 12.1 Å². The van der Waals surface area contributed by atoms with Crippen LogP contribution in [0.1, 0.15) is 32.8 Å². The first-order valence-electron chi connectivity index (χ1n) is 7.50. The van der Waals surface area contributed by atoms with Gasteiger partial charge in [-0.3, -0.25) is 14.4 Å². The average Bonchev–Trinajstić information content (AvgIpc) is 2.41.